The number of carbonyl (C=O) groups is 2. The van der Waals surface area contributed by atoms with Gasteiger partial charge in [0.05, 0.1) is 5.41 Å². The molecule has 170 valence electrons. The molecule has 2 heterocycles. The standard InChI is InChI=1S/C26H33N3O3/c1-20-9-8-16-27-24(20)28-17-14-26(15-18-28,25(31)32)19-23(30)29(21-10-4-2-5-11-21)22-12-6-3-7-13-22/h2,4-5,8-11,16,22H,3,6-7,12-15,17-19H2,1H3,(H,31,32). The highest BCUT2D eigenvalue weighted by molar-refractivity contribution is 5.97. The minimum Gasteiger partial charge on any atom is -0.481 e. The molecule has 1 aliphatic heterocycles. The number of nitrogens with zero attached hydrogens (tertiary/aromatic N) is 3. The van der Waals surface area contributed by atoms with E-state index in [1.165, 1.54) is 6.42 Å². The quantitative estimate of drug-likeness (QED) is 0.704. The molecule has 0 spiro atoms. The molecule has 1 aromatic carbocycles. The predicted octanol–water partition coefficient (Wildman–Crippen LogP) is 4.82. The van der Waals surface area contributed by atoms with Crippen molar-refractivity contribution in [3.63, 3.8) is 0 Å². The first kappa shape index (κ1) is 22.3. The summed E-state index contributed by atoms with van der Waals surface area (Å²) >= 11 is 0. The van der Waals surface area contributed by atoms with Crippen molar-refractivity contribution < 1.29 is 14.7 Å². The van der Waals surface area contributed by atoms with Crippen LogP contribution in [0.4, 0.5) is 11.5 Å². The molecule has 1 amide bonds. The second-order valence-electron chi connectivity index (χ2n) is 9.28. The summed E-state index contributed by atoms with van der Waals surface area (Å²) in [6.07, 6.45) is 8.09. The minimum atomic E-state index is -1.03. The summed E-state index contributed by atoms with van der Waals surface area (Å²) in [5, 5.41) is 10.2. The van der Waals surface area contributed by atoms with Crippen LogP contribution in [-0.2, 0) is 9.59 Å². The van der Waals surface area contributed by atoms with Gasteiger partial charge in [-0.1, -0.05) is 43.5 Å². The van der Waals surface area contributed by atoms with Gasteiger partial charge in [0.15, 0.2) is 0 Å². The molecule has 0 bridgehead atoms. The lowest BCUT2D eigenvalue weighted by atomic mass is 9.75. The maximum absolute atomic E-state index is 13.7. The van der Waals surface area contributed by atoms with E-state index in [-0.39, 0.29) is 18.4 Å². The monoisotopic (exact) mass is 435 g/mol. The first-order valence-electron chi connectivity index (χ1n) is 11.8. The number of pyridine rings is 1. The Kier molecular flexibility index (Phi) is 6.77. The number of carboxylic acid groups (broad SMARTS) is 1. The molecular weight excluding hydrogens is 402 g/mol. The molecule has 2 fully saturated rings. The Balaban J connectivity index is 1.53. The third-order valence-electron chi connectivity index (χ3n) is 7.19. The van der Waals surface area contributed by atoms with Gasteiger partial charge in [-0.2, -0.15) is 0 Å². The molecule has 1 saturated carbocycles. The average molecular weight is 436 g/mol. The van der Waals surface area contributed by atoms with Crippen LogP contribution in [0.2, 0.25) is 0 Å². The summed E-state index contributed by atoms with van der Waals surface area (Å²) in [4.78, 5) is 34.7. The summed E-state index contributed by atoms with van der Waals surface area (Å²) in [7, 11) is 0. The van der Waals surface area contributed by atoms with E-state index in [0.29, 0.717) is 25.9 Å². The van der Waals surface area contributed by atoms with Crippen molar-refractivity contribution in [3.8, 4) is 0 Å². The molecule has 2 aromatic rings. The highest BCUT2D eigenvalue weighted by Gasteiger charge is 2.45. The van der Waals surface area contributed by atoms with E-state index in [1.54, 1.807) is 6.20 Å². The van der Waals surface area contributed by atoms with E-state index in [9.17, 15) is 14.7 Å². The summed E-state index contributed by atoms with van der Waals surface area (Å²) in [6, 6.07) is 13.8. The number of hydrogen-bond donors (Lipinski definition) is 1. The Bertz CT molecular complexity index is 932. The van der Waals surface area contributed by atoms with Crippen LogP contribution in [0, 0.1) is 12.3 Å². The van der Waals surface area contributed by atoms with Crippen molar-refractivity contribution in [2.24, 2.45) is 5.41 Å². The average Bonchev–Trinajstić information content (AvgIpc) is 2.81. The molecule has 2 aliphatic rings. The highest BCUT2D eigenvalue weighted by Crippen LogP contribution is 2.39. The topological polar surface area (TPSA) is 73.7 Å². The molecule has 1 saturated heterocycles. The van der Waals surface area contributed by atoms with E-state index >= 15 is 0 Å². The van der Waals surface area contributed by atoms with Gasteiger partial charge in [-0.3, -0.25) is 9.59 Å². The van der Waals surface area contributed by atoms with Gasteiger partial charge in [-0.15, -0.1) is 0 Å². The number of rotatable bonds is 6. The van der Waals surface area contributed by atoms with E-state index < -0.39 is 11.4 Å². The molecule has 1 N–H and O–H groups in total. The fourth-order valence-electron chi connectivity index (χ4n) is 5.28. The fraction of sp³-hybridized carbons (Fsp3) is 0.500. The zero-order valence-electron chi connectivity index (χ0n) is 18.9. The van der Waals surface area contributed by atoms with Crippen LogP contribution in [0.5, 0.6) is 0 Å². The molecule has 0 unspecified atom stereocenters. The van der Waals surface area contributed by atoms with E-state index in [1.807, 2.05) is 54.3 Å². The van der Waals surface area contributed by atoms with Crippen molar-refractivity contribution in [2.75, 3.05) is 22.9 Å². The summed E-state index contributed by atoms with van der Waals surface area (Å²) < 4.78 is 0. The Labute approximate surface area is 190 Å². The number of piperidine rings is 1. The first-order chi connectivity index (χ1) is 15.5. The van der Waals surface area contributed by atoms with Crippen LogP contribution in [-0.4, -0.2) is 41.1 Å². The number of anilines is 2. The minimum absolute atomic E-state index is 0.0444. The number of aryl methyl sites for hydroxylation is 1. The molecule has 0 atom stereocenters. The Morgan fingerprint density at radius 2 is 1.75 bits per heavy atom. The lowest BCUT2D eigenvalue weighted by Crippen LogP contribution is -2.49. The van der Waals surface area contributed by atoms with E-state index in [0.717, 1.165) is 42.8 Å². The third-order valence-corrected chi connectivity index (χ3v) is 7.19. The largest absolute Gasteiger partial charge is 0.481 e. The highest BCUT2D eigenvalue weighted by atomic mass is 16.4. The molecule has 32 heavy (non-hydrogen) atoms. The summed E-state index contributed by atoms with van der Waals surface area (Å²) in [5.74, 6) is -0.0150. The molecule has 1 aromatic heterocycles. The molecule has 6 nitrogen and oxygen atoms in total. The molecule has 4 rings (SSSR count). The molecular formula is C26H33N3O3. The van der Waals surface area contributed by atoms with Gasteiger partial charge >= 0.3 is 5.97 Å². The predicted molar refractivity (Wildman–Crippen MR) is 126 cm³/mol. The van der Waals surface area contributed by atoms with Crippen molar-refractivity contribution in [3.05, 3.63) is 54.2 Å². The SMILES string of the molecule is Cc1cccnc1N1CCC(CC(=O)N(c2ccccc2)C2CCCCC2)(C(=O)O)CC1. The third kappa shape index (κ3) is 4.64. The number of carbonyl (C=O) groups excluding carboxylic acids is 1. The number of aliphatic carboxylic acids is 1. The van der Waals surface area contributed by atoms with Gasteiger partial charge in [0.2, 0.25) is 5.91 Å². The van der Waals surface area contributed by atoms with Crippen molar-refractivity contribution in [2.45, 2.75) is 64.3 Å². The first-order valence-corrected chi connectivity index (χ1v) is 11.8. The van der Waals surface area contributed by atoms with Gasteiger partial charge in [-0.25, -0.2) is 4.98 Å². The van der Waals surface area contributed by atoms with Gasteiger partial charge in [0.1, 0.15) is 5.82 Å². The number of benzene rings is 1. The van der Waals surface area contributed by atoms with Gasteiger partial charge in [0.25, 0.3) is 0 Å². The van der Waals surface area contributed by atoms with Crippen molar-refractivity contribution in [1.29, 1.82) is 0 Å². The second kappa shape index (κ2) is 9.72. The van der Waals surface area contributed by atoms with E-state index in [4.69, 9.17) is 0 Å². The van der Waals surface area contributed by atoms with Crippen LogP contribution < -0.4 is 9.80 Å². The van der Waals surface area contributed by atoms with Gasteiger partial charge in [-0.05, 0) is 56.4 Å². The number of amides is 1. The van der Waals surface area contributed by atoms with Crippen molar-refractivity contribution >= 4 is 23.4 Å². The maximum Gasteiger partial charge on any atom is 0.310 e. The van der Waals surface area contributed by atoms with Gasteiger partial charge < -0.3 is 14.9 Å². The summed E-state index contributed by atoms with van der Waals surface area (Å²) in [5.41, 5.74) is 0.934. The maximum atomic E-state index is 13.7. The molecule has 1 aliphatic carbocycles. The number of carboxylic acids is 1. The Morgan fingerprint density at radius 3 is 2.38 bits per heavy atom. The van der Waals surface area contributed by atoms with Crippen LogP contribution in [0.3, 0.4) is 0 Å². The normalized spacial score (nSPS) is 18.8. The van der Waals surface area contributed by atoms with Crippen molar-refractivity contribution in [1.82, 2.24) is 4.98 Å². The molecule has 6 heteroatoms. The van der Waals surface area contributed by atoms with Gasteiger partial charge in [0, 0.05) is 37.4 Å². The fourth-order valence-corrected chi connectivity index (χ4v) is 5.28. The van der Waals surface area contributed by atoms with Crippen LogP contribution in [0.25, 0.3) is 0 Å². The van der Waals surface area contributed by atoms with Crippen LogP contribution in [0.15, 0.2) is 48.7 Å². The number of hydrogen-bond acceptors (Lipinski definition) is 4. The zero-order chi connectivity index (χ0) is 22.6. The Morgan fingerprint density at radius 1 is 1.06 bits per heavy atom. The van der Waals surface area contributed by atoms with E-state index in [2.05, 4.69) is 9.88 Å². The number of aromatic nitrogens is 1. The zero-order valence-corrected chi connectivity index (χ0v) is 18.9. The molecule has 0 radical (unpaired) electrons. The smallest absolute Gasteiger partial charge is 0.310 e. The van der Waals surface area contributed by atoms with Crippen LogP contribution in [0.1, 0.15) is 56.9 Å². The number of para-hydroxylation sites is 1. The van der Waals surface area contributed by atoms with Crippen LogP contribution >= 0.6 is 0 Å². The lowest BCUT2D eigenvalue weighted by molar-refractivity contribution is -0.153. The second-order valence-corrected chi connectivity index (χ2v) is 9.28. The Hall–Kier alpha value is -2.89. The summed E-state index contributed by atoms with van der Waals surface area (Å²) in [6.45, 7) is 3.20. The lowest BCUT2D eigenvalue weighted by Gasteiger charge is -2.41.